The summed E-state index contributed by atoms with van der Waals surface area (Å²) in [6, 6.07) is 15.9. The second kappa shape index (κ2) is 9.84. The number of hydrogen-bond acceptors (Lipinski definition) is 7. The molecule has 2 aromatic carbocycles. The Balaban J connectivity index is 1.66. The average Bonchev–Trinajstić information content (AvgIpc) is 3.09. The first-order valence-electron chi connectivity index (χ1n) is 9.25. The molecule has 0 atom stereocenters. The molecule has 0 fully saturated rings. The largest absolute Gasteiger partial charge is 0.497 e. The van der Waals surface area contributed by atoms with Gasteiger partial charge in [0.05, 0.1) is 31.4 Å². The van der Waals surface area contributed by atoms with E-state index in [1.807, 2.05) is 6.07 Å². The van der Waals surface area contributed by atoms with Crippen molar-refractivity contribution in [2.24, 2.45) is 7.05 Å². The average molecular weight is 462 g/mol. The topological polar surface area (TPSA) is 106 Å². The van der Waals surface area contributed by atoms with Crippen molar-refractivity contribution < 1.29 is 17.9 Å². The number of para-hydroxylation sites is 1. The fraction of sp³-hybridized carbons (Fsp3) is 0.250. The van der Waals surface area contributed by atoms with Crippen LogP contribution in [-0.4, -0.2) is 48.2 Å². The molecule has 0 aliphatic heterocycles. The van der Waals surface area contributed by atoms with Gasteiger partial charge in [-0.25, -0.2) is 8.42 Å². The van der Waals surface area contributed by atoms with Gasteiger partial charge in [-0.15, -0.1) is 10.2 Å². The molecule has 1 amide bonds. The van der Waals surface area contributed by atoms with Crippen molar-refractivity contribution >= 4 is 39.1 Å². The third-order valence-electron chi connectivity index (χ3n) is 4.34. The normalized spacial score (nSPS) is 11.2. The predicted octanol–water partition coefficient (Wildman–Crippen LogP) is 2.52. The van der Waals surface area contributed by atoms with E-state index in [4.69, 9.17) is 4.74 Å². The first-order valence-corrected chi connectivity index (χ1v) is 12.1. The molecule has 0 saturated heterocycles. The first kappa shape index (κ1) is 22.6. The summed E-state index contributed by atoms with van der Waals surface area (Å²) in [6.07, 6.45) is 1.15. The second-order valence-electron chi connectivity index (χ2n) is 6.63. The monoisotopic (exact) mass is 461 g/mol. The van der Waals surface area contributed by atoms with Crippen LogP contribution in [0.1, 0.15) is 5.82 Å². The summed E-state index contributed by atoms with van der Waals surface area (Å²) in [6.45, 7) is 0.0307. The molecule has 1 N–H and O–H groups in total. The molecule has 0 aliphatic carbocycles. The van der Waals surface area contributed by atoms with Crippen LogP contribution in [0.15, 0.2) is 59.8 Å². The minimum Gasteiger partial charge on any atom is -0.497 e. The molecule has 3 aromatic rings. The maximum atomic E-state index is 12.3. The molecule has 11 heteroatoms. The Labute approximate surface area is 185 Å². The lowest BCUT2D eigenvalue weighted by atomic mass is 10.3. The molecule has 1 heterocycles. The molecule has 0 unspecified atom stereocenters. The van der Waals surface area contributed by atoms with Gasteiger partial charge < -0.3 is 14.6 Å². The standard InChI is InChI=1S/C20H23N5O4S2/c1-24-18(13-25(31(3,27)28)16-9-5-4-6-10-16)22-23-20(24)30-14-19(26)21-15-8-7-11-17(12-15)29-2/h4-12H,13-14H2,1-3H3,(H,21,26). The molecule has 0 spiro atoms. The number of sulfonamides is 1. The zero-order valence-electron chi connectivity index (χ0n) is 17.3. The number of rotatable bonds is 9. The number of amides is 1. The van der Waals surface area contributed by atoms with Crippen molar-refractivity contribution in [3.63, 3.8) is 0 Å². The number of benzene rings is 2. The van der Waals surface area contributed by atoms with Crippen molar-refractivity contribution in [2.45, 2.75) is 11.7 Å². The Bertz CT molecular complexity index is 1150. The summed E-state index contributed by atoms with van der Waals surface area (Å²) in [5, 5.41) is 11.5. The number of nitrogens with zero attached hydrogens (tertiary/aromatic N) is 4. The number of nitrogens with one attached hydrogen (secondary N) is 1. The molecule has 31 heavy (non-hydrogen) atoms. The van der Waals surface area contributed by atoms with Gasteiger partial charge in [0.1, 0.15) is 5.75 Å². The molecule has 9 nitrogen and oxygen atoms in total. The van der Waals surface area contributed by atoms with Gasteiger partial charge in [0.2, 0.25) is 15.9 Å². The molecular formula is C20H23N5O4S2. The highest BCUT2D eigenvalue weighted by Gasteiger charge is 2.21. The summed E-state index contributed by atoms with van der Waals surface area (Å²) < 4.78 is 32.7. The van der Waals surface area contributed by atoms with E-state index < -0.39 is 10.0 Å². The molecular weight excluding hydrogens is 438 g/mol. The van der Waals surface area contributed by atoms with Gasteiger partial charge in [-0.05, 0) is 24.3 Å². The molecule has 0 radical (unpaired) electrons. The van der Waals surface area contributed by atoms with Crippen molar-refractivity contribution in [1.29, 1.82) is 0 Å². The van der Waals surface area contributed by atoms with Gasteiger partial charge in [0.15, 0.2) is 11.0 Å². The molecule has 0 saturated carbocycles. The van der Waals surface area contributed by atoms with Crippen LogP contribution in [0.5, 0.6) is 5.75 Å². The van der Waals surface area contributed by atoms with Gasteiger partial charge in [-0.2, -0.15) is 0 Å². The number of anilines is 2. The lowest BCUT2D eigenvalue weighted by molar-refractivity contribution is -0.113. The number of ether oxygens (including phenoxy) is 1. The zero-order valence-corrected chi connectivity index (χ0v) is 19.0. The summed E-state index contributed by atoms with van der Waals surface area (Å²) >= 11 is 1.21. The molecule has 164 valence electrons. The van der Waals surface area contributed by atoms with Gasteiger partial charge in [-0.1, -0.05) is 36.0 Å². The Morgan fingerprint density at radius 1 is 1.16 bits per heavy atom. The summed E-state index contributed by atoms with van der Waals surface area (Å²) in [7, 11) is -0.219. The van der Waals surface area contributed by atoms with E-state index in [0.717, 1.165) is 6.26 Å². The van der Waals surface area contributed by atoms with Crippen LogP contribution in [0.2, 0.25) is 0 Å². The SMILES string of the molecule is COc1cccc(NC(=O)CSc2nnc(CN(c3ccccc3)S(C)(=O)=O)n2C)c1. The Morgan fingerprint density at radius 2 is 1.90 bits per heavy atom. The number of thioether (sulfide) groups is 1. The minimum atomic E-state index is -3.52. The van der Waals surface area contributed by atoms with Gasteiger partial charge in [0.25, 0.3) is 0 Å². The highest BCUT2D eigenvalue weighted by Crippen LogP contribution is 2.22. The second-order valence-corrected chi connectivity index (χ2v) is 9.48. The van der Waals surface area contributed by atoms with Crippen LogP contribution in [-0.2, 0) is 28.4 Å². The van der Waals surface area contributed by atoms with Crippen LogP contribution in [0, 0.1) is 0 Å². The highest BCUT2D eigenvalue weighted by atomic mass is 32.2. The summed E-state index contributed by atoms with van der Waals surface area (Å²) in [5.74, 6) is 1.03. The van der Waals surface area contributed by atoms with Crippen molar-refractivity contribution in [1.82, 2.24) is 14.8 Å². The van der Waals surface area contributed by atoms with E-state index in [0.29, 0.717) is 28.1 Å². The molecule has 1 aromatic heterocycles. The summed E-state index contributed by atoms with van der Waals surface area (Å²) in [4.78, 5) is 12.3. The quantitative estimate of drug-likeness (QED) is 0.488. The van der Waals surface area contributed by atoms with E-state index in [1.165, 1.54) is 16.1 Å². The Kier molecular flexibility index (Phi) is 7.18. The fourth-order valence-electron chi connectivity index (χ4n) is 2.76. The number of carbonyl (C=O) groups is 1. The maximum absolute atomic E-state index is 12.3. The molecule has 3 rings (SSSR count). The van der Waals surface area contributed by atoms with E-state index in [2.05, 4.69) is 15.5 Å². The van der Waals surface area contributed by atoms with Crippen molar-refractivity contribution in [3.8, 4) is 5.75 Å². The minimum absolute atomic E-state index is 0.0307. The Hall–Kier alpha value is -3.05. The van der Waals surface area contributed by atoms with E-state index in [1.54, 1.807) is 67.3 Å². The first-order chi connectivity index (χ1) is 14.8. The maximum Gasteiger partial charge on any atom is 0.234 e. The van der Waals surface area contributed by atoms with Crippen molar-refractivity contribution in [3.05, 3.63) is 60.4 Å². The number of hydrogen-bond donors (Lipinski definition) is 1. The summed E-state index contributed by atoms with van der Waals surface area (Å²) in [5.41, 5.74) is 1.18. The van der Waals surface area contributed by atoms with Gasteiger partial charge in [-0.3, -0.25) is 9.10 Å². The van der Waals surface area contributed by atoms with Crippen LogP contribution < -0.4 is 14.4 Å². The van der Waals surface area contributed by atoms with Crippen molar-refractivity contribution in [2.75, 3.05) is 28.7 Å². The van der Waals surface area contributed by atoms with E-state index >= 15 is 0 Å². The highest BCUT2D eigenvalue weighted by molar-refractivity contribution is 7.99. The number of carbonyl (C=O) groups excluding carboxylic acids is 1. The lowest BCUT2D eigenvalue weighted by Crippen LogP contribution is -2.30. The molecule has 0 bridgehead atoms. The smallest absolute Gasteiger partial charge is 0.234 e. The fourth-order valence-corrected chi connectivity index (χ4v) is 4.34. The van der Waals surface area contributed by atoms with Crippen LogP contribution in [0.3, 0.4) is 0 Å². The van der Waals surface area contributed by atoms with Gasteiger partial charge >= 0.3 is 0 Å². The number of aromatic nitrogens is 3. The third-order valence-corrected chi connectivity index (χ3v) is 6.50. The molecule has 0 aliphatic rings. The predicted molar refractivity (Wildman–Crippen MR) is 121 cm³/mol. The Morgan fingerprint density at radius 3 is 2.58 bits per heavy atom. The van der Waals surface area contributed by atoms with Crippen LogP contribution in [0.25, 0.3) is 0 Å². The van der Waals surface area contributed by atoms with E-state index in [-0.39, 0.29) is 18.2 Å². The lowest BCUT2D eigenvalue weighted by Gasteiger charge is -2.21. The van der Waals surface area contributed by atoms with Crippen LogP contribution >= 0.6 is 11.8 Å². The van der Waals surface area contributed by atoms with Gasteiger partial charge in [0, 0.05) is 18.8 Å². The van der Waals surface area contributed by atoms with Crippen LogP contribution in [0.4, 0.5) is 11.4 Å². The van der Waals surface area contributed by atoms with E-state index in [9.17, 15) is 13.2 Å². The number of methoxy groups -OCH3 is 1. The third kappa shape index (κ3) is 5.98. The zero-order chi connectivity index (χ0) is 22.4.